The number of carbonyl (C=O) groups is 1. The molecule has 5 heteroatoms. The summed E-state index contributed by atoms with van der Waals surface area (Å²) in [4.78, 5) is 12.4. The van der Waals surface area contributed by atoms with E-state index in [1.807, 2.05) is 6.07 Å². The molecule has 0 spiro atoms. The van der Waals surface area contributed by atoms with Gasteiger partial charge in [-0.25, -0.2) is 4.79 Å². The molecule has 1 unspecified atom stereocenters. The average molecular weight is 316 g/mol. The highest BCUT2D eigenvalue weighted by Crippen LogP contribution is 2.35. The molecule has 1 aromatic rings. The van der Waals surface area contributed by atoms with Crippen LogP contribution in [0.1, 0.15) is 32.3 Å². The van der Waals surface area contributed by atoms with Crippen molar-refractivity contribution in [3.8, 4) is 0 Å². The molecule has 0 aromatic heterocycles. The number of hydrogen-bond donors (Lipinski definition) is 1. The van der Waals surface area contributed by atoms with E-state index in [0.29, 0.717) is 28.1 Å². The Morgan fingerprint density at radius 2 is 2.15 bits per heavy atom. The highest BCUT2D eigenvalue weighted by Gasteiger charge is 2.39. The smallest absolute Gasteiger partial charge is 0.330 e. The number of halogens is 2. The van der Waals surface area contributed by atoms with E-state index in [4.69, 9.17) is 27.9 Å². The van der Waals surface area contributed by atoms with Gasteiger partial charge in [0.05, 0.1) is 16.7 Å². The van der Waals surface area contributed by atoms with Crippen molar-refractivity contribution in [3.05, 3.63) is 33.8 Å². The maximum atomic E-state index is 12.4. The van der Waals surface area contributed by atoms with E-state index in [1.54, 1.807) is 26.0 Å². The van der Waals surface area contributed by atoms with Gasteiger partial charge in [0, 0.05) is 5.56 Å². The first-order valence-electron chi connectivity index (χ1n) is 6.85. The maximum Gasteiger partial charge on any atom is 0.330 e. The van der Waals surface area contributed by atoms with Gasteiger partial charge in [-0.3, -0.25) is 5.32 Å². The zero-order valence-corrected chi connectivity index (χ0v) is 13.2. The Morgan fingerprint density at radius 3 is 2.75 bits per heavy atom. The van der Waals surface area contributed by atoms with Crippen molar-refractivity contribution >= 4 is 29.2 Å². The molecule has 0 bridgehead atoms. The maximum absolute atomic E-state index is 12.4. The zero-order valence-electron chi connectivity index (χ0n) is 11.7. The minimum atomic E-state index is -0.972. The lowest BCUT2D eigenvalue weighted by Crippen LogP contribution is -2.48. The number of ether oxygens (including phenoxy) is 1. The van der Waals surface area contributed by atoms with Crippen LogP contribution >= 0.6 is 23.2 Å². The number of carbonyl (C=O) groups excluding carboxylic acids is 1. The third kappa shape index (κ3) is 3.27. The second-order valence-corrected chi connectivity index (χ2v) is 6.06. The predicted molar refractivity (Wildman–Crippen MR) is 81.2 cm³/mol. The summed E-state index contributed by atoms with van der Waals surface area (Å²) in [5.41, 5.74) is -0.314. The third-order valence-electron chi connectivity index (χ3n) is 3.62. The van der Waals surface area contributed by atoms with Crippen LogP contribution in [0.25, 0.3) is 0 Å². The van der Waals surface area contributed by atoms with E-state index in [-0.39, 0.29) is 5.97 Å². The molecule has 0 heterocycles. The van der Waals surface area contributed by atoms with Crippen LogP contribution in [0.2, 0.25) is 10.0 Å². The summed E-state index contributed by atoms with van der Waals surface area (Å²) in [5.74, 6) is 0.312. The fourth-order valence-electron chi connectivity index (χ4n) is 2.11. The fraction of sp³-hybridized carbons (Fsp3) is 0.533. The van der Waals surface area contributed by atoms with Crippen LogP contribution in [0, 0.1) is 5.92 Å². The van der Waals surface area contributed by atoms with Gasteiger partial charge in [0.15, 0.2) is 0 Å². The lowest BCUT2D eigenvalue weighted by molar-refractivity contribution is -0.151. The molecule has 1 aliphatic rings. The molecule has 110 valence electrons. The molecule has 1 aromatic carbocycles. The molecule has 1 saturated carbocycles. The molecule has 0 radical (unpaired) electrons. The zero-order chi connectivity index (χ0) is 14.8. The first kappa shape index (κ1) is 15.6. The molecule has 0 aliphatic heterocycles. The van der Waals surface area contributed by atoms with E-state index >= 15 is 0 Å². The molecule has 0 saturated heterocycles. The summed E-state index contributed by atoms with van der Waals surface area (Å²) >= 11 is 12.3. The van der Waals surface area contributed by atoms with Crippen molar-refractivity contribution in [3.63, 3.8) is 0 Å². The Morgan fingerprint density at radius 1 is 1.45 bits per heavy atom. The number of nitrogens with one attached hydrogen (secondary N) is 1. The summed E-state index contributed by atoms with van der Waals surface area (Å²) in [6.07, 6.45) is 2.41. The van der Waals surface area contributed by atoms with Crippen LogP contribution in [-0.2, 0) is 15.1 Å². The molecule has 1 aliphatic carbocycles. The number of hydrogen-bond acceptors (Lipinski definition) is 3. The van der Waals surface area contributed by atoms with Crippen LogP contribution in [0.5, 0.6) is 0 Å². The van der Waals surface area contributed by atoms with Gasteiger partial charge in [0.1, 0.15) is 5.54 Å². The van der Waals surface area contributed by atoms with Crippen LogP contribution < -0.4 is 5.32 Å². The summed E-state index contributed by atoms with van der Waals surface area (Å²) in [6.45, 7) is 4.69. The minimum absolute atomic E-state index is 0.329. The van der Waals surface area contributed by atoms with Gasteiger partial charge in [0.2, 0.25) is 0 Å². The minimum Gasteiger partial charge on any atom is -0.464 e. The van der Waals surface area contributed by atoms with E-state index in [0.717, 1.165) is 6.54 Å². The Balaban J connectivity index is 2.32. The van der Waals surface area contributed by atoms with Crippen LogP contribution in [0.4, 0.5) is 0 Å². The van der Waals surface area contributed by atoms with Gasteiger partial charge in [0.25, 0.3) is 0 Å². The van der Waals surface area contributed by atoms with Crippen LogP contribution in [0.15, 0.2) is 18.2 Å². The highest BCUT2D eigenvalue weighted by molar-refractivity contribution is 6.42. The van der Waals surface area contributed by atoms with E-state index in [9.17, 15) is 4.79 Å². The average Bonchev–Trinajstić information content (AvgIpc) is 3.23. The van der Waals surface area contributed by atoms with Crippen LogP contribution in [0.3, 0.4) is 0 Å². The summed E-state index contributed by atoms with van der Waals surface area (Å²) < 4.78 is 5.21. The highest BCUT2D eigenvalue weighted by atomic mass is 35.5. The van der Waals surface area contributed by atoms with Crippen LogP contribution in [-0.4, -0.2) is 19.1 Å². The van der Waals surface area contributed by atoms with Gasteiger partial charge in [-0.1, -0.05) is 35.3 Å². The van der Waals surface area contributed by atoms with E-state index in [1.165, 1.54) is 12.8 Å². The quantitative estimate of drug-likeness (QED) is 0.812. The summed E-state index contributed by atoms with van der Waals surface area (Å²) in [5, 5.41) is 4.14. The van der Waals surface area contributed by atoms with Gasteiger partial charge in [-0.15, -0.1) is 0 Å². The van der Waals surface area contributed by atoms with Crippen molar-refractivity contribution in [1.82, 2.24) is 5.32 Å². The standard InChI is InChI=1S/C15H19Cl2NO2/c1-3-20-14(19)15(2,18-9-10-7-8-10)11-5-4-6-12(16)13(11)17/h4-6,10,18H,3,7-9H2,1-2H3. The second-order valence-electron chi connectivity index (χ2n) is 5.27. The van der Waals surface area contributed by atoms with E-state index < -0.39 is 5.54 Å². The molecule has 0 amide bonds. The molecule has 1 atom stereocenters. The normalized spacial score (nSPS) is 17.6. The van der Waals surface area contributed by atoms with Crippen molar-refractivity contribution in [1.29, 1.82) is 0 Å². The van der Waals surface area contributed by atoms with Crippen molar-refractivity contribution < 1.29 is 9.53 Å². The summed E-state index contributed by atoms with van der Waals surface area (Å²) in [6, 6.07) is 5.31. The van der Waals surface area contributed by atoms with Gasteiger partial charge in [-0.05, 0) is 45.2 Å². The number of rotatable bonds is 6. The van der Waals surface area contributed by atoms with Gasteiger partial charge in [-0.2, -0.15) is 0 Å². The van der Waals surface area contributed by atoms with Crippen molar-refractivity contribution in [2.45, 2.75) is 32.2 Å². The lowest BCUT2D eigenvalue weighted by Gasteiger charge is -2.30. The first-order chi connectivity index (χ1) is 9.49. The molecule has 2 rings (SSSR count). The molecular weight excluding hydrogens is 297 g/mol. The van der Waals surface area contributed by atoms with Crippen molar-refractivity contribution in [2.24, 2.45) is 5.92 Å². The van der Waals surface area contributed by atoms with E-state index in [2.05, 4.69) is 5.32 Å². The second kappa shape index (κ2) is 6.33. The number of benzene rings is 1. The molecule has 1 fully saturated rings. The Bertz CT molecular complexity index is 503. The topological polar surface area (TPSA) is 38.3 Å². The molecule has 3 nitrogen and oxygen atoms in total. The molecular formula is C15H19Cl2NO2. The van der Waals surface area contributed by atoms with Gasteiger partial charge >= 0.3 is 5.97 Å². The Labute approximate surface area is 129 Å². The largest absolute Gasteiger partial charge is 0.464 e. The third-order valence-corrected chi connectivity index (χ3v) is 4.43. The summed E-state index contributed by atoms with van der Waals surface area (Å²) in [7, 11) is 0. The first-order valence-corrected chi connectivity index (χ1v) is 7.61. The monoisotopic (exact) mass is 315 g/mol. The number of esters is 1. The fourth-order valence-corrected chi connectivity index (χ4v) is 2.60. The predicted octanol–water partition coefficient (Wildman–Crippen LogP) is 3.77. The molecule has 20 heavy (non-hydrogen) atoms. The Hall–Kier alpha value is -0.770. The van der Waals surface area contributed by atoms with Crippen molar-refractivity contribution in [2.75, 3.05) is 13.2 Å². The molecule has 1 N–H and O–H groups in total. The SMILES string of the molecule is CCOC(=O)C(C)(NCC1CC1)c1cccc(Cl)c1Cl. The van der Waals surface area contributed by atoms with Gasteiger partial charge < -0.3 is 4.74 Å². The lowest BCUT2D eigenvalue weighted by atomic mass is 9.91. The Kier molecular flexibility index (Phi) is 4.95.